The quantitative estimate of drug-likeness (QED) is 0.159. The van der Waals surface area contributed by atoms with Crippen LogP contribution >= 0.6 is 0 Å². The van der Waals surface area contributed by atoms with E-state index in [0.717, 1.165) is 5.69 Å². The second-order valence-electron chi connectivity index (χ2n) is 23.0. The molecule has 4 heteroatoms. The van der Waals surface area contributed by atoms with Gasteiger partial charge in [0.1, 0.15) is 0 Å². The van der Waals surface area contributed by atoms with E-state index in [4.69, 9.17) is 0 Å². The highest BCUT2D eigenvalue weighted by Gasteiger charge is 2.51. The van der Waals surface area contributed by atoms with Crippen LogP contribution in [0.15, 0.2) is 206 Å². The molecule has 0 aromatic heterocycles. The third-order valence-electron chi connectivity index (χ3n) is 15.6. The van der Waals surface area contributed by atoms with E-state index in [2.05, 4.69) is 278 Å². The largest absolute Gasteiger partial charge is 0.311 e. The minimum Gasteiger partial charge on any atom is -0.311 e. The fraction of sp³-hybridized carbons (Fsp3) is 0.182. The zero-order valence-corrected chi connectivity index (χ0v) is 43.1. The Labute approximate surface area is 417 Å². The first-order valence-corrected chi connectivity index (χ1v) is 27.2. The van der Waals surface area contributed by atoms with Crippen molar-refractivity contribution in [1.82, 2.24) is 0 Å². The molecule has 3 aliphatic rings. The van der Waals surface area contributed by atoms with Crippen molar-refractivity contribution < 1.29 is 0 Å². The highest BCUT2D eigenvalue weighted by Crippen LogP contribution is 2.48. The summed E-state index contributed by atoms with van der Waals surface area (Å²) in [4.78, 5) is 5.20. The number of hydrogen-bond acceptors (Lipinski definition) is 2. The smallest absolute Gasteiger partial charge is 0.252 e. The average molecular weight is 921 g/mol. The number of rotatable bonds is 5. The third-order valence-corrected chi connectivity index (χ3v) is 20.5. The van der Waals surface area contributed by atoms with Gasteiger partial charge in [-0.3, -0.25) is 0 Å². The highest BCUT2D eigenvalue weighted by molar-refractivity contribution is 7.22. The average Bonchev–Trinajstić information content (AvgIpc) is 3.65. The van der Waals surface area contributed by atoms with E-state index in [1.54, 1.807) is 0 Å². The van der Waals surface area contributed by atoms with Crippen LogP contribution in [0.5, 0.6) is 0 Å². The van der Waals surface area contributed by atoms with Crippen LogP contribution in [0, 0.1) is 0 Å². The predicted octanol–water partition coefficient (Wildman–Crippen LogP) is 12.7. The zero-order chi connectivity index (χ0) is 48.3. The van der Waals surface area contributed by atoms with E-state index in [9.17, 15) is 0 Å². The molecule has 3 heterocycles. The van der Waals surface area contributed by atoms with Crippen molar-refractivity contribution in [2.75, 3.05) is 9.80 Å². The molecule has 70 heavy (non-hydrogen) atoms. The SMILES string of the molecule is CC(C)(C)c1ccc(N2c3ccc(C(C)(C)C)cc3B3c4cc5c(cc4N(c4ccc(C(C)(C)C)cc4)c4cc(-c6ccccc6)cc2c43)-c2ccccc2[Si]5(c2ccccc2)c2ccccc2)cc1. The molecule has 0 bridgehead atoms. The fourth-order valence-electron chi connectivity index (χ4n) is 12.0. The summed E-state index contributed by atoms with van der Waals surface area (Å²) in [7, 11) is -2.85. The maximum Gasteiger partial charge on any atom is 0.252 e. The lowest BCUT2D eigenvalue weighted by molar-refractivity contribution is 0.590. The molecule has 0 saturated heterocycles. The summed E-state index contributed by atoms with van der Waals surface area (Å²) >= 11 is 0. The summed E-state index contributed by atoms with van der Waals surface area (Å²) in [6, 6.07) is 79.8. The topological polar surface area (TPSA) is 6.48 Å². The van der Waals surface area contributed by atoms with Gasteiger partial charge >= 0.3 is 0 Å². The lowest BCUT2D eigenvalue weighted by atomic mass is 9.33. The summed E-state index contributed by atoms with van der Waals surface area (Å²) < 4.78 is 0. The molecule has 2 nitrogen and oxygen atoms in total. The summed E-state index contributed by atoms with van der Waals surface area (Å²) in [6.07, 6.45) is 0. The van der Waals surface area contributed by atoms with Gasteiger partial charge in [0.25, 0.3) is 6.71 Å². The molecule has 0 radical (unpaired) electrons. The van der Waals surface area contributed by atoms with Gasteiger partial charge in [-0.15, -0.1) is 0 Å². The highest BCUT2D eigenvalue weighted by atomic mass is 28.3. The van der Waals surface area contributed by atoms with E-state index < -0.39 is 8.07 Å². The number of benzene rings is 9. The van der Waals surface area contributed by atoms with Crippen LogP contribution in [0.4, 0.5) is 34.1 Å². The normalized spacial score (nSPS) is 14.4. The predicted molar refractivity (Wildman–Crippen MR) is 305 cm³/mol. The van der Waals surface area contributed by atoms with Gasteiger partial charge in [-0.1, -0.05) is 220 Å². The first-order chi connectivity index (χ1) is 33.6. The van der Waals surface area contributed by atoms with Crippen LogP contribution in [0.25, 0.3) is 22.3 Å². The Kier molecular flexibility index (Phi) is 10.0. The molecule has 0 spiro atoms. The molecule has 0 unspecified atom stereocenters. The second kappa shape index (κ2) is 15.9. The number of fused-ring (bicyclic) bond motifs is 7. The van der Waals surface area contributed by atoms with E-state index in [-0.39, 0.29) is 23.0 Å². The van der Waals surface area contributed by atoms with Crippen molar-refractivity contribution in [2.24, 2.45) is 0 Å². The molecule has 0 amide bonds. The zero-order valence-electron chi connectivity index (χ0n) is 42.1. The Balaban J connectivity index is 1.24. The lowest BCUT2D eigenvalue weighted by Gasteiger charge is -2.45. The maximum absolute atomic E-state index is 2.85. The van der Waals surface area contributed by atoms with Crippen molar-refractivity contribution in [3.63, 3.8) is 0 Å². The molecule has 0 fully saturated rings. The molecule has 0 aliphatic carbocycles. The molecule has 9 aromatic carbocycles. The van der Waals surface area contributed by atoms with Gasteiger partial charge in [0.15, 0.2) is 8.07 Å². The summed E-state index contributed by atoms with van der Waals surface area (Å²) in [5.41, 5.74) is 20.4. The van der Waals surface area contributed by atoms with Crippen LogP contribution in [0.1, 0.15) is 79.0 Å². The van der Waals surface area contributed by atoms with E-state index >= 15 is 0 Å². The molecule has 0 saturated carbocycles. The first kappa shape index (κ1) is 44.1. The second-order valence-corrected chi connectivity index (χ2v) is 26.7. The Hall–Kier alpha value is -7.14. The number of nitrogens with zero attached hydrogens (tertiary/aromatic N) is 2. The first-order valence-electron chi connectivity index (χ1n) is 25.2. The molecular weight excluding hydrogens is 860 g/mol. The molecule has 0 N–H and O–H groups in total. The summed E-state index contributed by atoms with van der Waals surface area (Å²) in [5.74, 6) is 0. The summed E-state index contributed by atoms with van der Waals surface area (Å²) in [6.45, 7) is 20.9. The van der Waals surface area contributed by atoms with Crippen LogP contribution in [0.3, 0.4) is 0 Å². The van der Waals surface area contributed by atoms with Crippen molar-refractivity contribution in [2.45, 2.75) is 78.6 Å². The van der Waals surface area contributed by atoms with Crippen molar-refractivity contribution in [3.05, 3.63) is 223 Å². The van der Waals surface area contributed by atoms with E-state index in [1.165, 1.54) is 105 Å². The van der Waals surface area contributed by atoms with Crippen LogP contribution < -0.4 is 46.9 Å². The van der Waals surface area contributed by atoms with E-state index in [0.29, 0.717) is 0 Å². The minimum absolute atomic E-state index is 0.0146. The van der Waals surface area contributed by atoms with Gasteiger partial charge in [-0.05, 0) is 141 Å². The molecule has 3 aliphatic heterocycles. The fourth-order valence-corrected chi connectivity index (χ4v) is 17.2. The van der Waals surface area contributed by atoms with Gasteiger partial charge in [0.05, 0.1) is 0 Å². The van der Waals surface area contributed by atoms with Gasteiger partial charge < -0.3 is 9.80 Å². The van der Waals surface area contributed by atoms with Crippen molar-refractivity contribution >= 4 is 86.0 Å². The standard InChI is InChI=1S/C66H61BN2Si/c1-64(2,3)46-29-34-49(35-30-46)68-57-38-33-48(66(7,8)9)41-55(57)67-56-43-62-54(53-27-19-20-28-61(53)70(62,51-23-15-11-16-24-51)52-25-17-12-18-26-52)42-58(56)69(50-36-31-47(32-37-50)65(4,5)6)60-40-45(39-59(68)63(60)67)44-21-13-10-14-22-44/h10-43H,1-9H3. The van der Waals surface area contributed by atoms with Gasteiger partial charge in [-0.25, -0.2) is 0 Å². The number of anilines is 6. The molecule has 9 aromatic rings. The Bertz CT molecular complexity index is 3430. The monoisotopic (exact) mass is 920 g/mol. The van der Waals surface area contributed by atoms with Crippen LogP contribution in [-0.2, 0) is 16.2 Å². The Morgan fingerprint density at radius 2 is 0.800 bits per heavy atom. The Morgan fingerprint density at radius 1 is 0.343 bits per heavy atom. The maximum atomic E-state index is 2.71. The molecule has 342 valence electrons. The van der Waals surface area contributed by atoms with Gasteiger partial charge in [0, 0.05) is 34.1 Å². The van der Waals surface area contributed by atoms with Crippen LogP contribution in [0.2, 0.25) is 0 Å². The lowest BCUT2D eigenvalue weighted by Crippen LogP contribution is -2.73. The summed E-state index contributed by atoms with van der Waals surface area (Å²) in [5, 5.41) is 5.75. The molecule has 12 rings (SSSR count). The van der Waals surface area contributed by atoms with E-state index in [1.807, 2.05) is 0 Å². The third kappa shape index (κ3) is 6.82. The van der Waals surface area contributed by atoms with Crippen molar-refractivity contribution in [1.29, 1.82) is 0 Å². The number of hydrogen-bond donors (Lipinski definition) is 0. The molecular formula is C66H61BN2Si. The Morgan fingerprint density at radius 3 is 1.33 bits per heavy atom. The van der Waals surface area contributed by atoms with Gasteiger partial charge in [-0.2, -0.15) is 0 Å². The van der Waals surface area contributed by atoms with Crippen molar-refractivity contribution in [3.8, 4) is 22.3 Å². The van der Waals surface area contributed by atoms with Crippen LogP contribution in [-0.4, -0.2) is 14.8 Å². The molecule has 0 atom stereocenters. The van der Waals surface area contributed by atoms with Gasteiger partial charge in [0.2, 0.25) is 0 Å². The minimum atomic E-state index is -2.85.